The number of benzene rings is 1. The lowest BCUT2D eigenvalue weighted by molar-refractivity contribution is 0.282. The summed E-state index contributed by atoms with van der Waals surface area (Å²) in [4.78, 5) is 4.07. The van der Waals surface area contributed by atoms with E-state index in [4.69, 9.17) is 5.11 Å². The Balaban J connectivity index is 2.77. The first-order valence-corrected chi connectivity index (χ1v) is 4.25. The monoisotopic (exact) mass is 173 g/mol. The van der Waals surface area contributed by atoms with Gasteiger partial charge in [-0.05, 0) is 35.6 Å². The van der Waals surface area contributed by atoms with Crippen LogP contribution < -0.4 is 0 Å². The van der Waals surface area contributed by atoms with Crippen LogP contribution in [-0.2, 0) is 6.61 Å². The van der Waals surface area contributed by atoms with Crippen LogP contribution in [0.5, 0.6) is 0 Å². The summed E-state index contributed by atoms with van der Waals surface area (Å²) in [6.45, 7) is 2.13. The van der Waals surface area contributed by atoms with Crippen LogP contribution in [0.4, 0.5) is 0 Å². The minimum absolute atomic E-state index is 0.0963. The van der Waals surface area contributed by atoms with Crippen molar-refractivity contribution in [2.75, 3.05) is 0 Å². The Morgan fingerprint density at radius 2 is 2.23 bits per heavy atom. The van der Waals surface area contributed by atoms with E-state index in [2.05, 4.69) is 4.98 Å². The van der Waals surface area contributed by atoms with Gasteiger partial charge in [0.15, 0.2) is 0 Å². The van der Waals surface area contributed by atoms with Crippen LogP contribution in [0.25, 0.3) is 10.8 Å². The molecule has 0 spiro atoms. The van der Waals surface area contributed by atoms with Crippen molar-refractivity contribution in [2.45, 2.75) is 13.5 Å². The first-order valence-electron chi connectivity index (χ1n) is 4.25. The van der Waals surface area contributed by atoms with Crippen LogP contribution in [0.1, 0.15) is 11.1 Å². The molecule has 0 aliphatic carbocycles. The van der Waals surface area contributed by atoms with Crippen LogP contribution >= 0.6 is 0 Å². The number of fused-ring (bicyclic) bond motifs is 1. The van der Waals surface area contributed by atoms with Crippen molar-refractivity contribution in [1.82, 2.24) is 4.98 Å². The zero-order chi connectivity index (χ0) is 9.26. The molecule has 66 valence electrons. The smallest absolute Gasteiger partial charge is 0.0682 e. The highest BCUT2D eigenvalue weighted by Crippen LogP contribution is 2.19. The highest BCUT2D eigenvalue weighted by molar-refractivity contribution is 5.85. The molecule has 0 saturated heterocycles. The highest BCUT2D eigenvalue weighted by Gasteiger charge is 1.99. The van der Waals surface area contributed by atoms with E-state index in [1.165, 1.54) is 0 Å². The van der Waals surface area contributed by atoms with Gasteiger partial charge in [-0.2, -0.15) is 0 Å². The van der Waals surface area contributed by atoms with E-state index in [0.717, 1.165) is 21.9 Å². The second-order valence-electron chi connectivity index (χ2n) is 3.17. The molecular formula is C11H11NO. The van der Waals surface area contributed by atoms with Gasteiger partial charge in [-0.25, -0.2) is 0 Å². The maximum atomic E-state index is 9.01. The predicted octanol–water partition coefficient (Wildman–Crippen LogP) is 2.04. The zero-order valence-corrected chi connectivity index (χ0v) is 7.49. The molecule has 0 unspecified atom stereocenters. The lowest BCUT2D eigenvalue weighted by atomic mass is 10.0. The molecule has 0 atom stereocenters. The standard InChI is InChI=1S/C11H11NO/c1-8-4-9(7-13)5-10-2-3-12-6-11(8)10/h2-6,13H,7H2,1H3. The number of rotatable bonds is 1. The Bertz CT molecular complexity index is 437. The van der Waals surface area contributed by atoms with Gasteiger partial charge in [0.25, 0.3) is 0 Å². The summed E-state index contributed by atoms with van der Waals surface area (Å²) >= 11 is 0. The molecule has 13 heavy (non-hydrogen) atoms. The maximum Gasteiger partial charge on any atom is 0.0682 e. The Morgan fingerprint density at radius 1 is 1.38 bits per heavy atom. The molecule has 0 bridgehead atoms. The van der Waals surface area contributed by atoms with E-state index in [0.29, 0.717) is 0 Å². The van der Waals surface area contributed by atoms with Crippen molar-refractivity contribution in [2.24, 2.45) is 0 Å². The van der Waals surface area contributed by atoms with Gasteiger partial charge in [-0.3, -0.25) is 4.98 Å². The SMILES string of the molecule is Cc1cc(CO)cc2ccncc12. The second kappa shape index (κ2) is 3.15. The van der Waals surface area contributed by atoms with Crippen LogP contribution in [0.2, 0.25) is 0 Å². The molecule has 0 fully saturated rings. The third-order valence-electron chi connectivity index (χ3n) is 2.21. The van der Waals surface area contributed by atoms with E-state index in [-0.39, 0.29) is 6.61 Å². The highest BCUT2D eigenvalue weighted by atomic mass is 16.3. The zero-order valence-electron chi connectivity index (χ0n) is 7.49. The van der Waals surface area contributed by atoms with Crippen LogP contribution in [0.3, 0.4) is 0 Å². The molecule has 2 aromatic rings. The van der Waals surface area contributed by atoms with Crippen molar-refractivity contribution in [3.05, 3.63) is 41.7 Å². The topological polar surface area (TPSA) is 33.1 Å². The van der Waals surface area contributed by atoms with E-state index < -0.39 is 0 Å². The Morgan fingerprint density at radius 3 is 3.00 bits per heavy atom. The molecule has 1 aromatic carbocycles. The van der Waals surface area contributed by atoms with Crippen LogP contribution in [0, 0.1) is 6.92 Å². The van der Waals surface area contributed by atoms with E-state index >= 15 is 0 Å². The minimum atomic E-state index is 0.0963. The van der Waals surface area contributed by atoms with Gasteiger partial charge < -0.3 is 5.11 Å². The molecule has 0 saturated carbocycles. The summed E-state index contributed by atoms with van der Waals surface area (Å²) in [6.07, 6.45) is 3.62. The molecule has 2 nitrogen and oxygen atoms in total. The third-order valence-corrected chi connectivity index (χ3v) is 2.21. The molecule has 2 heteroatoms. The fourth-order valence-corrected chi connectivity index (χ4v) is 1.55. The molecule has 0 aliphatic rings. The second-order valence-corrected chi connectivity index (χ2v) is 3.17. The molecule has 0 radical (unpaired) electrons. The van der Waals surface area contributed by atoms with Crippen molar-refractivity contribution in [3.63, 3.8) is 0 Å². The molecule has 1 N–H and O–H groups in total. The predicted molar refractivity (Wildman–Crippen MR) is 52.4 cm³/mol. The number of aliphatic hydroxyl groups is 1. The third kappa shape index (κ3) is 1.40. The minimum Gasteiger partial charge on any atom is -0.392 e. The van der Waals surface area contributed by atoms with Crippen molar-refractivity contribution < 1.29 is 5.11 Å². The molecular weight excluding hydrogens is 162 g/mol. The van der Waals surface area contributed by atoms with Gasteiger partial charge in [0.2, 0.25) is 0 Å². The lowest BCUT2D eigenvalue weighted by Gasteiger charge is -2.03. The van der Waals surface area contributed by atoms with Gasteiger partial charge in [-0.15, -0.1) is 0 Å². The number of pyridine rings is 1. The van der Waals surface area contributed by atoms with Crippen molar-refractivity contribution in [1.29, 1.82) is 0 Å². The van der Waals surface area contributed by atoms with E-state index in [9.17, 15) is 0 Å². The normalized spacial score (nSPS) is 10.6. The van der Waals surface area contributed by atoms with Crippen molar-refractivity contribution in [3.8, 4) is 0 Å². The van der Waals surface area contributed by atoms with E-state index in [1.807, 2.05) is 31.3 Å². The molecule has 0 aliphatic heterocycles. The molecule has 0 amide bonds. The summed E-state index contributed by atoms with van der Waals surface area (Å²) < 4.78 is 0. The molecule has 1 aromatic heterocycles. The molecule has 2 rings (SSSR count). The van der Waals surface area contributed by atoms with Gasteiger partial charge in [-0.1, -0.05) is 6.07 Å². The number of aliphatic hydroxyl groups excluding tert-OH is 1. The number of hydrogen-bond donors (Lipinski definition) is 1. The summed E-state index contributed by atoms with van der Waals surface area (Å²) in [6, 6.07) is 5.94. The first-order chi connectivity index (χ1) is 6.31. The maximum absolute atomic E-state index is 9.01. The average Bonchev–Trinajstić information content (AvgIpc) is 2.18. The summed E-state index contributed by atoms with van der Waals surface area (Å²) in [5.41, 5.74) is 2.12. The molecule has 1 heterocycles. The fraction of sp³-hybridized carbons (Fsp3) is 0.182. The van der Waals surface area contributed by atoms with Gasteiger partial charge in [0, 0.05) is 17.8 Å². The number of hydrogen-bond acceptors (Lipinski definition) is 2. The number of aryl methyl sites for hydroxylation is 1. The van der Waals surface area contributed by atoms with E-state index in [1.54, 1.807) is 6.20 Å². The summed E-state index contributed by atoms with van der Waals surface area (Å²) in [5, 5.41) is 11.3. The fourth-order valence-electron chi connectivity index (χ4n) is 1.55. The largest absolute Gasteiger partial charge is 0.392 e. The van der Waals surface area contributed by atoms with Crippen LogP contribution in [0.15, 0.2) is 30.6 Å². The lowest BCUT2D eigenvalue weighted by Crippen LogP contribution is -1.87. The summed E-state index contributed by atoms with van der Waals surface area (Å²) in [7, 11) is 0. The quantitative estimate of drug-likeness (QED) is 0.715. The Labute approximate surface area is 76.9 Å². The Hall–Kier alpha value is -1.41. The number of aromatic nitrogens is 1. The van der Waals surface area contributed by atoms with Gasteiger partial charge >= 0.3 is 0 Å². The van der Waals surface area contributed by atoms with Gasteiger partial charge in [0.05, 0.1) is 6.61 Å². The number of nitrogens with zero attached hydrogens (tertiary/aromatic N) is 1. The first kappa shape index (κ1) is 8.20. The van der Waals surface area contributed by atoms with Crippen LogP contribution in [-0.4, -0.2) is 10.1 Å². The summed E-state index contributed by atoms with van der Waals surface area (Å²) in [5.74, 6) is 0. The van der Waals surface area contributed by atoms with Gasteiger partial charge in [0.1, 0.15) is 0 Å². The average molecular weight is 173 g/mol. The van der Waals surface area contributed by atoms with Crippen molar-refractivity contribution >= 4 is 10.8 Å². The Kier molecular flexibility index (Phi) is 1.99.